The van der Waals surface area contributed by atoms with E-state index in [9.17, 15) is 0 Å². The predicted molar refractivity (Wildman–Crippen MR) is 50.2 cm³/mol. The zero-order valence-electron chi connectivity index (χ0n) is 8.89. The minimum Gasteiger partial charge on any atom is -0.246 e. The van der Waals surface area contributed by atoms with E-state index < -0.39 is 0 Å². The largest absolute Gasteiger partial charge is 0.246 e. The Hall–Kier alpha value is -0.0800. The van der Waals surface area contributed by atoms with E-state index in [1.165, 1.54) is 12.8 Å². The molecule has 2 heteroatoms. The molecule has 0 radical (unpaired) electrons. The molecule has 0 aromatic rings. The standard InChI is InChI=1S/C9H23N2/c1-7-9(8-2)11(5,6)10(3)4/h9H,7-8H2,1-6H3/q+1. The second-order valence-electron chi connectivity index (χ2n) is 3.80. The molecule has 0 rings (SSSR count). The summed E-state index contributed by atoms with van der Waals surface area (Å²) in [5.74, 6) is 0. The molecule has 0 fully saturated rings. The Labute approximate surface area is 71.4 Å². The van der Waals surface area contributed by atoms with Crippen molar-refractivity contribution < 1.29 is 4.59 Å². The fourth-order valence-corrected chi connectivity index (χ4v) is 1.51. The fraction of sp³-hybridized carbons (Fsp3) is 1.00. The van der Waals surface area contributed by atoms with Gasteiger partial charge < -0.3 is 0 Å². The Morgan fingerprint density at radius 3 is 1.55 bits per heavy atom. The fourth-order valence-electron chi connectivity index (χ4n) is 1.51. The highest BCUT2D eigenvalue weighted by Gasteiger charge is 2.27. The number of rotatable bonds is 4. The molecular formula is C9H23N2+. The van der Waals surface area contributed by atoms with Crippen molar-refractivity contribution in [2.75, 3.05) is 28.2 Å². The van der Waals surface area contributed by atoms with Gasteiger partial charge in [0.05, 0.1) is 14.1 Å². The zero-order chi connectivity index (χ0) is 9.07. The van der Waals surface area contributed by atoms with Crippen LogP contribution in [0.5, 0.6) is 0 Å². The third-order valence-electron chi connectivity index (χ3n) is 2.87. The van der Waals surface area contributed by atoms with E-state index in [-0.39, 0.29) is 0 Å². The van der Waals surface area contributed by atoms with Gasteiger partial charge in [-0.15, -0.1) is 0 Å². The van der Waals surface area contributed by atoms with Crippen molar-refractivity contribution in [2.45, 2.75) is 32.7 Å². The maximum absolute atomic E-state index is 2.26. The second-order valence-corrected chi connectivity index (χ2v) is 3.80. The summed E-state index contributed by atoms with van der Waals surface area (Å²) in [6.45, 7) is 4.52. The van der Waals surface area contributed by atoms with E-state index in [4.69, 9.17) is 0 Å². The van der Waals surface area contributed by atoms with Gasteiger partial charge in [0, 0.05) is 14.1 Å². The molecule has 0 aliphatic carbocycles. The average molecular weight is 159 g/mol. The van der Waals surface area contributed by atoms with Gasteiger partial charge in [0.15, 0.2) is 0 Å². The van der Waals surface area contributed by atoms with Gasteiger partial charge >= 0.3 is 0 Å². The number of hydrogen-bond donors (Lipinski definition) is 0. The monoisotopic (exact) mass is 159 g/mol. The molecule has 2 nitrogen and oxygen atoms in total. The van der Waals surface area contributed by atoms with Gasteiger partial charge in [-0.05, 0) is 12.8 Å². The first-order valence-electron chi connectivity index (χ1n) is 4.48. The minimum absolute atomic E-state index is 0.755. The molecule has 0 aliphatic heterocycles. The smallest absolute Gasteiger partial charge is 0.106 e. The van der Waals surface area contributed by atoms with E-state index in [1.54, 1.807) is 0 Å². The van der Waals surface area contributed by atoms with Crippen LogP contribution < -0.4 is 0 Å². The van der Waals surface area contributed by atoms with Crippen LogP contribution in [0, 0.1) is 0 Å². The van der Waals surface area contributed by atoms with Crippen LogP contribution in [0.25, 0.3) is 0 Å². The Morgan fingerprint density at radius 1 is 1.09 bits per heavy atom. The minimum atomic E-state index is 0.755. The van der Waals surface area contributed by atoms with Crippen LogP contribution in [-0.4, -0.2) is 43.8 Å². The Balaban J connectivity index is 4.24. The Bertz CT molecular complexity index is 104. The summed E-state index contributed by atoms with van der Waals surface area (Å²) in [6.07, 6.45) is 2.50. The molecule has 0 N–H and O–H groups in total. The average Bonchev–Trinajstić information content (AvgIpc) is 1.89. The molecule has 0 amide bonds. The van der Waals surface area contributed by atoms with Gasteiger partial charge in [0.25, 0.3) is 0 Å². The molecule has 0 spiro atoms. The first-order chi connectivity index (χ1) is 4.96. The lowest BCUT2D eigenvalue weighted by atomic mass is 10.1. The number of nitrogens with zero attached hydrogens (tertiary/aromatic N) is 2. The van der Waals surface area contributed by atoms with Gasteiger partial charge in [-0.3, -0.25) is 0 Å². The highest BCUT2D eigenvalue weighted by Crippen LogP contribution is 2.14. The molecule has 68 valence electrons. The van der Waals surface area contributed by atoms with Crippen molar-refractivity contribution in [3.05, 3.63) is 0 Å². The molecule has 0 aliphatic rings. The summed E-state index contributed by atoms with van der Waals surface area (Å²) < 4.78 is 0.993. The second kappa shape index (κ2) is 4.07. The van der Waals surface area contributed by atoms with Crippen molar-refractivity contribution in [1.29, 1.82) is 0 Å². The molecule has 0 heterocycles. The normalized spacial score (nSPS) is 13.1. The zero-order valence-corrected chi connectivity index (χ0v) is 8.89. The van der Waals surface area contributed by atoms with E-state index in [1.807, 2.05) is 0 Å². The van der Waals surface area contributed by atoms with Crippen molar-refractivity contribution >= 4 is 0 Å². The molecule has 0 aromatic carbocycles. The quantitative estimate of drug-likeness (QED) is 0.446. The molecule has 0 unspecified atom stereocenters. The maximum atomic E-state index is 2.26. The lowest BCUT2D eigenvalue weighted by molar-refractivity contribution is -1.02. The molecule has 0 atom stereocenters. The SMILES string of the molecule is CCC(CC)[N+](C)(C)N(C)C. The number of quaternary nitrogens is 1. The lowest BCUT2D eigenvalue weighted by Crippen LogP contribution is -2.56. The van der Waals surface area contributed by atoms with E-state index >= 15 is 0 Å². The molecule has 0 aromatic heterocycles. The Morgan fingerprint density at radius 2 is 1.45 bits per heavy atom. The number of hydrogen-bond acceptors (Lipinski definition) is 1. The highest BCUT2D eigenvalue weighted by atomic mass is 15.7. The molecule has 0 bridgehead atoms. The van der Waals surface area contributed by atoms with Crippen molar-refractivity contribution in [3.63, 3.8) is 0 Å². The first kappa shape index (κ1) is 10.9. The topological polar surface area (TPSA) is 3.24 Å². The van der Waals surface area contributed by atoms with Crippen molar-refractivity contribution in [2.24, 2.45) is 0 Å². The van der Waals surface area contributed by atoms with Crippen molar-refractivity contribution in [1.82, 2.24) is 5.01 Å². The highest BCUT2D eigenvalue weighted by molar-refractivity contribution is 4.50. The summed E-state index contributed by atoms with van der Waals surface area (Å²) in [5, 5.41) is 2.26. The third kappa shape index (κ3) is 2.46. The van der Waals surface area contributed by atoms with Gasteiger partial charge in [-0.25, -0.2) is 4.59 Å². The predicted octanol–water partition coefficient (Wildman–Crippen LogP) is 1.73. The van der Waals surface area contributed by atoms with Crippen LogP contribution in [0.1, 0.15) is 26.7 Å². The van der Waals surface area contributed by atoms with E-state index in [0.29, 0.717) is 0 Å². The summed E-state index contributed by atoms with van der Waals surface area (Å²) in [7, 11) is 8.80. The van der Waals surface area contributed by atoms with Gasteiger partial charge in [0.1, 0.15) is 6.04 Å². The molecule has 0 saturated carbocycles. The van der Waals surface area contributed by atoms with Crippen LogP contribution >= 0.6 is 0 Å². The van der Waals surface area contributed by atoms with Gasteiger partial charge in [0.2, 0.25) is 0 Å². The molecule has 11 heavy (non-hydrogen) atoms. The van der Waals surface area contributed by atoms with Crippen LogP contribution in [0.2, 0.25) is 0 Å². The van der Waals surface area contributed by atoms with Crippen LogP contribution in [0.15, 0.2) is 0 Å². The Kier molecular flexibility index (Phi) is 4.04. The summed E-state index contributed by atoms with van der Waals surface area (Å²) in [6, 6.07) is 0.755. The van der Waals surface area contributed by atoms with Crippen molar-refractivity contribution in [3.8, 4) is 0 Å². The lowest BCUT2D eigenvalue weighted by Gasteiger charge is -2.41. The molecule has 0 saturated heterocycles. The van der Waals surface area contributed by atoms with E-state index in [2.05, 4.69) is 47.0 Å². The van der Waals surface area contributed by atoms with Crippen LogP contribution in [0.4, 0.5) is 0 Å². The first-order valence-corrected chi connectivity index (χ1v) is 4.48. The van der Waals surface area contributed by atoms with E-state index in [0.717, 1.165) is 10.6 Å². The summed E-state index contributed by atoms with van der Waals surface area (Å²) in [5.41, 5.74) is 0. The van der Waals surface area contributed by atoms with Crippen LogP contribution in [-0.2, 0) is 0 Å². The van der Waals surface area contributed by atoms with Crippen LogP contribution in [0.3, 0.4) is 0 Å². The van der Waals surface area contributed by atoms with Gasteiger partial charge in [-0.2, -0.15) is 5.01 Å². The third-order valence-corrected chi connectivity index (χ3v) is 2.87. The summed E-state index contributed by atoms with van der Waals surface area (Å²) in [4.78, 5) is 0. The summed E-state index contributed by atoms with van der Waals surface area (Å²) >= 11 is 0. The van der Waals surface area contributed by atoms with Gasteiger partial charge in [-0.1, -0.05) is 13.8 Å². The molecular weight excluding hydrogens is 136 g/mol. The maximum Gasteiger partial charge on any atom is 0.106 e.